The van der Waals surface area contributed by atoms with Crippen molar-refractivity contribution in [1.29, 1.82) is 0 Å². The lowest BCUT2D eigenvalue weighted by Crippen LogP contribution is -2.26. The highest BCUT2D eigenvalue weighted by molar-refractivity contribution is 7.71. The molecule has 1 amide bonds. The molecule has 2 rings (SSSR count). The third-order valence-corrected chi connectivity index (χ3v) is 6.59. The fourth-order valence-corrected chi connectivity index (χ4v) is 4.89. The van der Waals surface area contributed by atoms with Crippen LogP contribution in [-0.4, -0.2) is 12.5 Å². The molecule has 0 saturated carbocycles. The fraction of sp³-hybridized carbons (Fsp3) is 0.167. The quantitative estimate of drug-likeness (QED) is 0.700. The van der Waals surface area contributed by atoms with E-state index in [9.17, 15) is 9.36 Å². The summed E-state index contributed by atoms with van der Waals surface area (Å²) in [4.78, 5) is 12.5. The molecule has 0 fully saturated rings. The molecular formula is C18H18Cl2NO3P. The lowest BCUT2D eigenvalue weighted by molar-refractivity contribution is 0.0967. The molecule has 0 aliphatic rings. The molecule has 0 aliphatic heterocycles. The standard InChI is InChI=1S/C18H18Cl2NO3P/c1-3-24-25(23,15-7-5-4-6-8-15)18(16(19)20)21-17(22)14-11-9-13(2)10-12-14/h4-12H,3H2,1-2H3,(H,21,22)/t25-/m1/s1. The molecule has 132 valence electrons. The Bertz CT molecular complexity index is 816. The molecule has 2 aromatic rings. The predicted octanol–water partition coefficient (Wildman–Crippen LogP) is 4.97. The number of aryl methyl sites for hydroxylation is 1. The van der Waals surface area contributed by atoms with Crippen molar-refractivity contribution in [3.05, 3.63) is 75.7 Å². The topological polar surface area (TPSA) is 55.4 Å². The minimum atomic E-state index is -3.64. The van der Waals surface area contributed by atoms with Gasteiger partial charge in [-0.15, -0.1) is 0 Å². The molecule has 0 bridgehead atoms. The molecule has 0 aliphatic carbocycles. The molecule has 0 saturated heterocycles. The van der Waals surface area contributed by atoms with Gasteiger partial charge >= 0.3 is 0 Å². The van der Waals surface area contributed by atoms with Crippen LogP contribution in [0.15, 0.2) is 64.5 Å². The van der Waals surface area contributed by atoms with E-state index in [1.54, 1.807) is 61.5 Å². The van der Waals surface area contributed by atoms with Gasteiger partial charge in [0.25, 0.3) is 13.3 Å². The van der Waals surface area contributed by atoms with E-state index < -0.39 is 13.3 Å². The molecule has 1 N–H and O–H groups in total. The summed E-state index contributed by atoms with van der Waals surface area (Å²) in [5.74, 6) is -0.468. The molecule has 2 aromatic carbocycles. The Kier molecular flexibility index (Phi) is 6.86. The van der Waals surface area contributed by atoms with Gasteiger partial charge in [-0.25, -0.2) is 0 Å². The van der Waals surface area contributed by atoms with Gasteiger partial charge in [0.15, 0.2) is 0 Å². The minimum Gasteiger partial charge on any atom is -0.321 e. The van der Waals surface area contributed by atoms with Gasteiger partial charge in [-0.3, -0.25) is 9.36 Å². The number of hydrogen-bond acceptors (Lipinski definition) is 3. The van der Waals surface area contributed by atoms with Crippen LogP contribution in [0.25, 0.3) is 0 Å². The lowest BCUT2D eigenvalue weighted by atomic mass is 10.1. The molecule has 0 unspecified atom stereocenters. The van der Waals surface area contributed by atoms with Crippen LogP contribution >= 0.6 is 30.6 Å². The molecule has 0 spiro atoms. The zero-order valence-electron chi connectivity index (χ0n) is 13.8. The van der Waals surface area contributed by atoms with Crippen LogP contribution < -0.4 is 10.6 Å². The van der Waals surface area contributed by atoms with Gasteiger partial charge < -0.3 is 9.84 Å². The van der Waals surface area contributed by atoms with Gasteiger partial charge in [0.2, 0.25) is 0 Å². The highest BCUT2D eigenvalue weighted by Crippen LogP contribution is 2.54. The van der Waals surface area contributed by atoms with Crippen LogP contribution in [0, 0.1) is 6.92 Å². The van der Waals surface area contributed by atoms with Crippen molar-refractivity contribution in [2.45, 2.75) is 13.8 Å². The number of hydrogen-bond donors (Lipinski definition) is 1. The van der Waals surface area contributed by atoms with Gasteiger partial charge in [-0.1, -0.05) is 59.1 Å². The lowest BCUT2D eigenvalue weighted by Gasteiger charge is -2.22. The summed E-state index contributed by atoms with van der Waals surface area (Å²) in [6.07, 6.45) is 0. The molecule has 0 aromatic heterocycles. The Balaban J connectivity index is 2.42. The third kappa shape index (κ3) is 4.74. The summed E-state index contributed by atoms with van der Waals surface area (Å²) in [5.41, 5.74) is 1.29. The second-order valence-corrected chi connectivity index (χ2v) is 8.51. The average Bonchev–Trinajstić information content (AvgIpc) is 2.60. The van der Waals surface area contributed by atoms with E-state index in [-0.39, 0.29) is 16.5 Å². The first kappa shape index (κ1) is 19.7. The number of carbonyl (C=O) groups excluding carboxylic acids is 1. The van der Waals surface area contributed by atoms with Crippen LogP contribution in [0.3, 0.4) is 0 Å². The Morgan fingerprint density at radius 2 is 1.68 bits per heavy atom. The first-order valence-corrected chi connectivity index (χ1v) is 10.0. The summed E-state index contributed by atoms with van der Waals surface area (Å²) in [6.45, 7) is 3.79. The number of amides is 1. The van der Waals surface area contributed by atoms with E-state index >= 15 is 0 Å². The highest BCUT2D eigenvalue weighted by Gasteiger charge is 2.34. The third-order valence-electron chi connectivity index (χ3n) is 3.43. The second-order valence-electron chi connectivity index (χ2n) is 5.23. The first-order valence-electron chi connectivity index (χ1n) is 7.62. The number of carbonyl (C=O) groups is 1. The Morgan fingerprint density at radius 1 is 1.08 bits per heavy atom. The largest absolute Gasteiger partial charge is 0.321 e. The summed E-state index contributed by atoms with van der Waals surface area (Å²) < 4.78 is 18.7. The van der Waals surface area contributed by atoms with Crippen molar-refractivity contribution < 1.29 is 13.9 Å². The number of rotatable bonds is 6. The summed E-state index contributed by atoms with van der Waals surface area (Å²) in [5, 5.41) is 2.96. The number of halogens is 2. The van der Waals surface area contributed by atoms with Crippen molar-refractivity contribution in [3.8, 4) is 0 Å². The maximum atomic E-state index is 13.5. The second kappa shape index (κ2) is 8.68. The zero-order chi connectivity index (χ0) is 18.4. The van der Waals surface area contributed by atoms with E-state index in [0.29, 0.717) is 10.9 Å². The Hall–Kier alpha value is -1.58. The van der Waals surface area contributed by atoms with Gasteiger partial charge in [0.05, 0.1) is 6.61 Å². The molecule has 0 radical (unpaired) electrons. The van der Waals surface area contributed by atoms with E-state index in [2.05, 4.69) is 5.32 Å². The Labute approximate surface area is 157 Å². The molecule has 25 heavy (non-hydrogen) atoms. The Morgan fingerprint density at radius 3 is 2.20 bits per heavy atom. The fourth-order valence-electron chi connectivity index (χ4n) is 2.19. The zero-order valence-corrected chi connectivity index (χ0v) is 16.2. The van der Waals surface area contributed by atoms with Crippen molar-refractivity contribution in [2.75, 3.05) is 6.61 Å². The van der Waals surface area contributed by atoms with Gasteiger partial charge in [0, 0.05) is 10.9 Å². The summed E-state index contributed by atoms with van der Waals surface area (Å²) in [6, 6.07) is 15.5. The SMILES string of the molecule is CCO[P@@](=O)(C(NC(=O)c1ccc(C)cc1)=C(Cl)Cl)c1ccccc1. The van der Waals surface area contributed by atoms with Crippen molar-refractivity contribution >= 4 is 41.8 Å². The van der Waals surface area contributed by atoms with Crippen LogP contribution in [0.5, 0.6) is 0 Å². The molecule has 1 atom stereocenters. The summed E-state index contributed by atoms with van der Waals surface area (Å²) in [7, 11) is -3.64. The van der Waals surface area contributed by atoms with Gasteiger partial charge in [-0.2, -0.15) is 0 Å². The van der Waals surface area contributed by atoms with Gasteiger partial charge in [0.1, 0.15) is 9.93 Å². The van der Waals surface area contributed by atoms with Crippen molar-refractivity contribution in [3.63, 3.8) is 0 Å². The highest BCUT2D eigenvalue weighted by atomic mass is 35.5. The summed E-state index contributed by atoms with van der Waals surface area (Å²) >= 11 is 11.9. The first-order chi connectivity index (χ1) is 11.9. The maximum Gasteiger partial charge on any atom is 0.279 e. The van der Waals surface area contributed by atoms with Crippen LogP contribution in [0.4, 0.5) is 0 Å². The molecule has 0 heterocycles. The smallest absolute Gasteiger partial charge is 0.279 e. The van der Waals surface area contributed by atoms with Crippen molar-refractivity contribution in [1.82, 2.24) is 5.32 Å². The maximum absolute atomic E-state index is 13.5. The van der Waals surface area contributed by atoms with E-state index in [4.69, 9.17) is 27.7 Å². The normalized spacial score (nSPS) is 13.0. The number of nitrogens with one attached hydrogen (secondary N) is 1. The predicted molar refractivity (Wildman–Crippen MR) is 103 cm³/mol. The molecular weight excluding hydrogens is 380 g/mol. The van der Waals surface area contributed by atoms with Gasteiger partial charge in [-0.05, 0) is 38.1 Å². The van der Waals surface area contributed by atoms with Crippen LogP contribution in [0.1, 0.15) is 22.8 Å². The average molecular weight is 398 g/mol. The monoisotopic (exact) mass is 397 g/mol. The van der Waals surface area contributed by atoms with E-state index in [1.807, 2.05) is 6.92 Å². The van der Waals surface area contributed by atoms with Crippen molar-refractivity contribution in [2.24, 2.45) is 0 Å². The molecule has 7 heteroatoms. The molecule has 4 nitrogen and oxygen atoms in total. The minimum absolute atomic E-state index is 0.130. The number of benzene rings is 2. The van der Waals surface area contributed by atoms with E-state index in [1.165, 1.54) is 0 Å². The van der Waals surface area contributed by atoms with Crippen LogP contribution in [0.2, 0.25) is 0 Å². The van der Waals surface area contributed by atoms with Crippen LogP contribution in [-0.2, 0) is 9.09 Å². The van der Waals surface area contributed by atoms with E-state index in [0.717, 1.165) is 5.56 Å².